The van der Waals surface area contributed by atoms with Gasteiger partial charge in [-0.15, -0.1) is 0 Å². The van der Waals surface area contributed by atoms with Crippen molar-refractivity contribution in [3.8, 4) is 0 Å². The average molecular weight is 390 g/mol. The minimum Gasteiger partial charge on any atom is -0.460 e. The van der Waals surface area contributed by atoms with Crippen LogP contribution in [0.5, 0.6) is 0 Å². The summed E-state index contributed by atoms with van der Waals surface area (Å²) in [5, 5.41) is 0. The topological polar surface area (TPSA) is 133 Å². The van der Waals surface area contributed by atoms with Gasteiger partial charge in [-0.25, -0.2) is 8.42 Å². The van der Waals surface area contributed by atoms with E-state index >= 15 is 0 Å². The zero-order chi connectivity index (χ0) is 20.0. The Morgan fingerprint density at radius 3 is 2.30 bits per heavy atom. The molecule has 0 bridgehead atoms. The van der Waals surface area contributed by atoms with Crippen LogP contribution in [0.4, 0.5) is 0 Å². The molecule has 0 aliphatic heterocycles. The zero-order valence-electron chi connectivity index (χ0n) is 14.5. The minimum atomic E-state index is -3.92. The van der Waals surface area contributed by atoms with E-state index in [4.69, 9.17) is 10.5 Å². The third-order valence-electron chi connectivity index (χ3n) is 3.59. The molecular formula is C18H18N2O6S. The number of benzene rings is 2. The van der Waals surface area contributed by atoms with E-state index in [0.29, 0.717) is 11.1 Å². The Bertz CT molecular complexity index is 968. The van der Waals surface area contributed by atoms with Crippen LogP contribution in [-0.2, 0) is 26.2 Å². The number of hydrogen-bond donors (Lipinski definition) is 2. The van der Waals surface area contributed by atoms with E-state index in [9.17, 15) is 22.8 Å². The number of ketones is 1. The smallest absolute Gasteiger partial charge is 0.321 e. The van der Waals surface area contributed by atoms with Crippen molar-refractivity contribution in [1.82, 2.24) is 4.72 Å². The number of nitrogens with one attached hydrogen (secondary N) is 1. The van der Waals surface area contributed by atoms with Gasteiger partial charge in [0.25, 0.3) is 0 Å². The first-order chi connectivity index (χ1) is 12.7. The third kappa shape index (κ3) is 5.73. The Balaban J connectivity index is 1.91. The Labute approximate surface area is 156 Å². The summed E-state index contributed by atoms with van der Waals surface area (Å²) in [6.45, 7) is 0.679. The SMILES string of the molecule is CC(=O)c1ccc(S(=O)(=O)NCC(=O)OCc2cccc(C(N)=O)c2)cc1. The lowest BCUT2D eigenvalue weighted by Gasteiger charge is -2.08. The van der Waals surface area contributed by atoms with Crippen molar-refractivity contribution in [3.63, 3.8) is 0 Å². The van der Waals surface area contributed by atoms with Gasteiger partial charge < -0.3 is 10.5 Å². The zero-order valence-corrected chi connectivity index (χ0v) is 15.3. The Morgan fingerprint density at radius 1 is 1.04 bits per heavy atom. The van der Waals surface area contributed by atoms with Crippen LogP contribution in [0.1, 0.15) is 33.2 Å². The van der Waals surface area contributed by atoms with Crippen molar-refractivity contribution in [2.75, 3.05) is 6.54 Å². The van der Waals surface area contributed by atoms with Gasteiger partial charge >= 0.3 is 5.97 Å². The lowest BCUT2D eigenvalue weighted by molar-refractivity contribution is -0.143. The van der Waals surface area contributed by atoms with Crippen molar-refractivity contribution in [3.05, 3.63) is 65.2 Å². The summed E-state index contributed by atoms with van der Waals surface area (Å²) < 4.78 is 31.4. The van der Waals surface area contributed by atoms with Gasteiger partial charge in [0, 0.05) is 11.1 Å². The van der Waals surface area contributed by atoms with Gasteiger partial charge in [0.15, 0.2) is 5.78 Å². The fourth-order valence-electron chi connectivity index (χ4n) is 2.14. The summed E-state index contributed by atoms with van der Waals surface area (Å²) in [5.74, 6) is -1.58. The molecule has 3 N–H and O–H groups in total. The number of Topliss-reactive ketones (excluding diaryl/α,β-unsaturated/α-hetero) is 1. The lowest BCUT2D eigenvalue weighted by Crippen LogP contribution is -2.30. The van der Waals surface area contributed by atoms with E-state index in [0.717, 1.165) is 0 Å². The summed E-state index contributed by atoms with van der Waals surface area (Å²) >= 11 is 0. The second-order valence-corrected chi connectivity index (χ2v) is 7.40. The largest absolute Gasteiger partial charge is 0.460 e. The molecule has 2 aromatic carbocycles. The van der Waals surface area contributed by atoms with Crippen molar-refractivity contribution < 1.29 is 27.5 Å². The molecule has 9 heteroatoms. The highest BCUT2D eigenvalue weighted by atomic mass is 32.2. The van der Waals surface area contributed by atoms with Gasteiger partial charge in [0.05, 0.1) is 4.90 Å². The van der Waals surface area contributed by atoms with Crippen molar-refractivity contribution in [1.29, 1.82) is 0 Å². The summed E-state index contributed by atoms with van der Waals surface area (Å²) in [6, 6.07) is 11.6. The van der Waals surface area contributed by atoms with Crippen LogP contribution in [0.15, 0.2) is 53.4 Å². The minimum absolute atomic E-state index is 0.0746. The molecule has 0 aliphatic carbocycles. The normalized spacial score (nSPS) is 11.0. The van der Waals surface area contributed by atoms with E-state index in [1.165, 1.54) is 43.3 Å². The summed E-state index contributed by atoms with van der Waals surface area (Å²) in [4.78, 5) is 34.0. The van der Waals surface area contributed by atoms with Crippen LogP contribution >= 0.6 is 0 Å². The van der Waals surface area contributed by atoms with Gasteiger partial charge in [0.2, 0.25) is 15.9 Å². The highest BCUT2D eigenvalue weighted by Crippen LogP contribution is 2.11. The number of primary amides is 1. The summed E-state index contributed by atoms with van der Waals surface area (Å²) in [6.07, 6.45) is 0. The van der Waals surface area contributed by atoms with Crippen LogP contribution < -0.4 is 10.5 Å². The van der Waals surface area contributed by atoms with Crippen LogP contribution in [0, 0.1) is 0 Å². The van der Waals surface area contributed by atoms with Gasteiger partial charge in [-0.05, 0) is 36.8 Å². The van der Waals surface area contributed by atoms with E-state index in [1.807, 2.05) is 0 Å². The predicted octanol–water partition coefficient (Wildman–Crippen LogP) is 1.01. The number of rotatable bonds is 8. The van der Waals surface area contributed by atoms with Gasteiger partial charge in [0.1, 0.15) is 13.2 Å². The van der Waals surface area contributed by atoms with E-state index < -0.39 is 28.4 Å². The first-order valence-electron chi connectivity index (χ1n) is 7.84. The molecule has 0 saturated carbocycles. The molecule has 142 valence electrons. The van der Waals surface area contributed by atoms with Crippen LogP contribution in [0.3, 0.4) is 0 Å². The van der Waals surface area contributed by atoms with Gasteiger partial charge in [-0.1, -0.05) is 24.3 Å². The highest BCUT2D eigenvalue weighted by Gasteiger charge is 2.16. The lowest BCUT2D eigenvalue weighted by atomic mass is 10.1. The second kappa shape index (κ2) is 8.56. The molecule has 0 saturated heterocycles. The fourth-order valence-corrected chi connectivity index (χ4v) is 3.10. The number of esters is 1. The summed E-state index contributed by atoms with van der Waals surface area (Å²) in [5.41, 5.74) is 6.37. The molecule has 0 heterocycles. The molecule has 2 rings (SSSR count). The quantitative estimate of drug-likeness (QED) is 0.511. The van der Waals surface area contributed by atoms with Crippen LogP contribution in [0.2, 0.25) is 0 Å². The fraction of sp³-hybridized carbons (Fsp3) is 0.167. The predicted molar refractivity (Wildman–Crippen MR) is 96.4 cm³/mol. The number of ether oxygens (including phenoxy) is 1. The molecule has 0 fully saturated rings. The van der Waals surface area contributed by atoms with E-state index in [-0.39, 0.29) is 22.8 Å². The molecule has 27 heavy (non-hydrogen) atoms. The Hall–Kier alpha value is -3.04. The third-order valence-corrected chi connectivity index (χ3v) is 5.01. The molecule has 0 aliphatic rings. The van der Waals surface area contributed by atoms with Crippen molar-refractivity contribution in [2.24, 2.45) is 5.73 Å². The molecule has 2 aromatic rings. The molecule has 0 aromatic heterocycles. The Kier molecular flexibility index (Phi) is 6.43. The van der Waals surface area contributed by atoms with E-state index in [1.54, 1.807) is 12.1 Å². The second-order valence-electron chi connectivity index (χ2n) is 5.63. The molecule has 8 nitrogen and oxygen atoms in total. The number of nitrogens with two attached hydrogens (primary N) is 1. The highest BCUT2D eigenvalue weighted by molar-refractivity contribution is 7.89. The maximum atomic E-state index is 12.2. The maximum absolute atomic E-state index is 12.2. The number of sulfonamides is 1. The standard InChI is InChI=1S/C18H18N2O6S/c1-12(21)14-5-7-16(8-6-14)27(24,25)20-10-17(22)26-11-13-3-2-4-15(9-13)18(19)23/h2-9,20H,10-11H2,1H3,(H2,19,23). The van der Waals surface area contributed by atoms with Gasteiger partial charge in [-0.3, -0.25) is 14.4 Å². The molecule has 0 unspecified atom stereocenters. The first-order valence-corrected chi connectivity index (χ1v) is 9.32. The monoisotopic (exact) mass is 390 g/mol. The van der Waals surface area contributed by atoms with Crippen LogP contribution in [0.25, 0.3) is 0 Å². The average Bonchev–Trinajstić information content (AvgIpc) is 2.65. The van der Waals surface area contributed by atoms with Crippen molar-refractivity contribution >= 4 is 27.7 Å². The first kappa shape index (κ1) is 20.3. The molecule has 1 amide bonds. The molecule has 0 atom stereocenters. The molecule has 0 radical (unpaired) electrons. The Morgan fingerprint density at radius 2 is 1.70 bits per heavy atom. The van der Waals surface area contributed by atoms with Gasteiger partial charge in [-0.2, -0.15) is 4.72 Å². The number of carbonyl (C=O) groups excluding carboxylic acids is 3. The summed E-state index contributed by atoms with van der Waals surface area (Å²) in [7, 11) is -3.92. The van der Waals surface area contributed by atoms with Crippen molar-refractivity contribution in [2.45, 2.75) is 18.4 Å². The number of amides is 1. The van der Waals surface area contributed by atoms with E-state index in [2.05, 4.69) is 4.72 Å². The van der Waals surface area contributed by atoms with Crippen LogP contribution in [-0.4, -0.2) is 32.6 Å². The number of hydrogen-bond acceptors (Lipinski definition) is 6. The molecule has 0 spiro atoms. The number of carbonyl (C=O) groups is 3. The molecular weight excluding hydrogens is 372 g/mol. The maximum Gasteiger partial charge on any atom is 0.321 e.